The van der Waals surface area contributed by atoms with Crippen LogP contribution in [0.1, 0.15) is 202 Å². The van der Waals surface area contributed by atoms with Gasteiger partial charge in [-0.1, -0.05) is 213 Å². The summed E-state index contributed by atoms with van der Waals surface area (Å²) in [5.41, 5.74) is 3.05. The van der Waals surface area contributed by atoms with Crippen molar-refractivity contribution in [3.8, 4) is 0 Å². The Morgan fingerprint density at radius 1 is 0.352 bits per heavy atom. The second-order valence-corrected chi connectivity index (χ2v) is 38.7. The average molecular weight is 1730 g/mol. The SMILES string of the molecule is C/C=C/CN(C)C[C@@H](C)[C@@H](O)[C@@H](C(=O)C(C)C)N(C)C(C)C.CC(C)C(=O)[C@H]([C@H](O)[C@H](C)CN(C)Cc1ccccc1)N(C)C(C)C.CC(C)C(=O)[C@H]([C@H](O)[C@H](C)CNC(=O)c1ccccc1)N(C)C(C)C.CC(C)C(=O)[C@H]([C@H](O)[C@H](C)CNCc1ccccc1)N(C)C(C)C.CC(C)C(=O)[C@H]([C@H](O)[C@H](C)CNS(=O)(=O)c1ccccc1)N(C)C(C)C. The van der Waals surface area contributed by atoms with E-state index in [0.29, 0.717) is 18.7 Å². The molecule has 0 aliphatic rings. The van der Waals surface area contributed by atoms with Crippen LogP contribution >= 0.6 is 0 Å². The van der Waals surface area contributed by atoms with E-state index in [1.54, 1.807) is 58.2 Å². The van der Waals surface area contributed by atoms with E-state index in [1.807, 2.05) is 252 Å². The molecule has 8 N–H and O–H groups in total. The summed E-state index contributed by atoms with van der Waals surface area (Å²) >= 11 is 0. The average Bonchev–Trinajstić information content (AvgIpc) is 0.847. The molecule has 0 aliphatic heterocycles. The first-order valence-electron chi connectivity index (χ1n) is 44.5. The fraction of sp³-hybridized carbons (Fsp3) is 0.673. The van der Waals surface area contributed by atoms with Crippen molar-refractivity contribution in [1.29, 1.82) is 0 Å². The molecule has 696 valence electrons. The quantitative estimate of drug-likeness (QED) is 0.0191. The summed E-state index contributed by atoms with van der Waals surface area (Å²) in [6, 6.07) is 35.8. The van der Waals surface area contributed by atoms with Gasteiger partial charge in [-0.05, 0) is 185 Å². The lowest BCUT2D eigenvalue weighted by Crippen LogP contribution is -2.54. The lowest BCUT2D eigenvalue weighted by atomic mass is 9.88. The number of likely N-dealkylation sites (N-methyl/N-ethyl adjacent to an activating group) is 6. The number of nitrogens with one attached hydrogen (secondary N) is 3. The van der Waals surface area contributed by atoms with Crippen LogP contribution in [0.4, 0.5) is 0 Å². The molecule has 0 fully saturated rings. The molecular formula is C98H170N10O13S. The number of carbonyl (C=O) groups is 6. The second-order valence-electron chi connectivity index (χ2n) is 37.0. The highest BCUT2D eigenvalue weighted by atomic mass is 32.2. The maximum atomic E-state index is 12.7. The Morgan fingerprint density at radius 2 is 0.623 bits per heavy atom. The summed E-state index contributed by atoms with van der Waals surface area (Å²) in [4.78, 5) is 89.5. The first kappa shape index (κ1) is 116. The molecule has 0 saturated carbocycles. The van der Waals surface area contributed by atoms with Crippen molar-refractivity contribution < 1.29 is 62.7 Å². The third-order valence-corrected chi connectivity index (χ3v) is 24.6. The Bertz CT molecular complexity index is 3690. The van der Waals surface area contributed by atoms with Gasteiger partial charge in [0.2, 0.25) is 10.0 Å². The highest BCUT2D eigenvalue weighted by molar-refractivity contribution is 7.89. The van der Waals surface area contributed by atoms with Crippen molar-refractivity contribution in [1.82, 2.24) is 49.7 Å². The Morgan fingerprint density at radius 3 is 0.926 bits per heavy atom. The van der Waals surface area contributed by atoms with E-state index < -0.39 is 76.7 Å². The zero-order valence-corrected chi connectivity index (χ0v) is 82.1. The van der Waals surface area contributed by atoms with Crippen LogP contribution in [0.3, 0.4) is 0 Å². The maximum absolute atomic E-state index is 12.7. The van der Waals surface area contributed by atoms with Gasteiger partial charge in [0.1, 0.15) is 0 Å². The van der Waals surface area contributed by atoms with Crippen LogP contribution in [0, 0.1) is 59.2 Å². The monoisotopic (exact) mass is 1730 g/mol. The number of hydrogen-bond acceptors (Lipinski definition) is 21. The van der Waals surface area contributed by atoms with Gasteiger partial charge in [0.05, 0.1) is 65.6 Å². The van der Waals surface area contributed by atoms with E-state index in [9.17, 15) is 62.7 Å². The summed E-state index contributed by atoms with van der Waals surface area (Å²) in [6.07, 6.45) is 0.270. The highest BCUT2D eigenvalue weighted by Crippen LogP contribution is 2.26. The molecule has 1 amide bonds. The Hall–Kier alpha value is -6.17. The number of benzene rings is 4. The van der Waals surface area contributed by atoms with Gasteiger partial charge >= 0.3 is 0 Å². The fourth-order valence-electron chi connectivity index (χ4n) is 13.7. The molecule has 0 radical (unpaired) electrons. The number of allylic oxidation sites excluding steroid dienone is 1. The molecule has 0 saturated heterocycles. The first-order chi connectivity index (χ1) is 56.7. The molecule has 24 heteroatoms. The van der Waals surface area contributed by atoms with Crippen molar-refractivity contribution in [3.63, 3.8) is 0 Å². The van der Waals surface area contributed by atoms with E-state index in [0.717, 1.165) is 32.7 Å². The summed E-state index contributed by atoms with van der Waals surface area (Å²) in [5.74, 6) is -1.16. The zero-order valence-electron chi connectivity index (χ0n) is 81.3. The minimum Gasteiger partial charge on any atom is -0.391 e. The third kappa shape index (κ3) is 40.6. The van der Waals surface area contributed by atoms with E-state index in [2.05, 4.69) is 90.2 Å². The lowest BCUT2D eigenvalue weighted by Gasteiger charge is -2.37. The molecule has 0 spiro atoms. The summed E-state index contributed by atoms with van der Waals surface area (Å²) in [7, 11) is 9.88. The first-order valence-corrected chi connectivity index (χ1v) is 46.0. The molecule has 4 aromatic rings. The van der Waals surface area contributed by atoms with Crippen LogP contribution in [0.2, 0.25) is 0 Å². The molecule has 4 aromatic carbocycles. The minimum absolute atomic E-state index is 0.00242. The predicted octanol–water partition coefficient (Wildman–Crippen LogP) is 12.4. The number of sulfonamides is 1. The molecule has 0 aromatic heterocycles. The number of aliphatic hydroxyl groups excluding tert-OH is 5. The molecule has 0 bridgehead atoms. The molecule has 0 aliphatic carbocycles. The highest BCUT2D eigenvalue weighted by Gasteiger charge is 2.42. The standard InChI is InChI=1S/C21H36N2O2.C20H32N2O3.C20H34N2O2.C19H32N2O4S.C18H36N2O2/c1-15(2)20(24)19(23(7)16(3)4)21(25)17(5)13-22(6)14-18-11-9-8-10-12-18;1-13(2)18(23)17(22(6)14(3)4)19(24)15(5)12-21-20(25)16-10-8-7-9-11-16;1-14(2)19(23)18(22(6)15(3)4)20(24)16(5)12-21-13-17-10-8-7-9-11-17;1-13(2)18(22)17(21(6)14(3)4)19(23)15(5)12-20-26(24,25)16-10-8-7-9-11-16;1-9-10-11-19(7)12-15(6)18(22)16(17(21)13(2)3)20(8)14(4)5/h8-12,15-17,19,21,25H,13-14H2,1-7H3;7-11,13-15,17,19,24H,12H2,1-6H3,(H,21,25);7-11,14-16,18,20-21,24H,12-13H2,1-6H3;7-11,13-15,17,19-20,23H,12H2,1-6H3;9-10,13-16,18,22H,11-12H2,1-8H3/b;;;;10-9+/t17-,19-,21-;15-,17-,19-;16-,18-,20-;15-,17-,19-;15-,16-,18-/m11111/s1. The largest absolute Gasteiger partial charge is 0.391 e. The van der Waals surface area contributed by atoms with E-state index >= 15 is 0 Å². The Kier molecular flexibility index (Phi) is 56.0. The number of amides is 1. The van der Waals surface area contributed by atoms with E-state index in [4.69, 9.17) is 0 Å². The van der Waals surface area contributed by atoms with Crippen molar-refractivity contribution >= 4 is 44.8 Å². The van der Waals surface area contributed by atoms with Gasteiger partial charge in [-0.25, -0.2) is 13.1 Å². The number of carbonyl (C=O) groups excluding carboxylic acids is 6. The molecule has 0 heterocycles. The van der Waals surface area contributed by atoms with Crippen LogP contribution < -0.4 is 15.4 Å². The minimum atomic E-state index is -3.65. The molecule has 23 nitrogen and oxygen atoms in total. The van der Waals surface area contributed by atoms with Crippen molar-refractivity contribution in [3.05, 3.63) is 150 Å². The smallest absolute Gasteiger partial charge is 0.251 e. The van der Waals surface area contributed by atoms with Crippen molar-refractivity contribution in [2.24, 2.45) is 59.2 Å². The fourth-order valence-corrected chi connectivity index (χ4v) is 14.9. The maximum Gasteiger partial charge on any atom is 0.251 e. The van der Waals surface area contributed by atoms with Gasteiger partial charge in [-0.15, -0.1) is 0 Å². The number of Topliss-reactive ketones (excluding diaryl/α,β-unsaturated/α-hetero) is 5. The summed E-state index contributed by atoms with van der Waals surface area (Å²) in [5, 5.41) is 60.3. The lowest BCUT2D eigenvalue weighted by molar-refractivity contribution is -0.134. The number of nitrogens with zero attached hydrogens (tertiary/aromatic N) is 7. The van der Waals surface area contributed by atoms with Crippen LogP contribution in [0.25, 0.3) is 0 Å². The van der Waals surface area contributed by atoms with Gasteiger partial charge in [0, 0.05) is 124 Å². The van der Waals surface area contributed by atoms with Crippen LogP contribution in [-0.4, -0.2) is 283 Å². The molecule has 122 heavy (non-hydrogen) atoms. The molecule has 0 unspecified atom stereocenters. The molecule has 15 atom stereocenters. The van der Waals surface area contributed by atoms with Crippen molar-refractivity contribution in [2.75, 3.05) is 88.6 Å². The van der Waals surface area contributed by atoms with Crippen LogP contribution in [-0.2, 0) is 47.1 Å². The zero-order chi connectivity index (χ0) is 94.1. The van der Waals surface area contributed by atoms with Gasteiger partial charge in [-0.2, -0.15) is 0 Å². The number of ketones is 5. The van der Waals surface area contributed by atoms with Gasteiger partial charge < -0.3 is 46.0 Å². The third-order valence-electron chi connectivity index (χ3n) is 23.2. The number of hydrogen-bond donors (Lipinski definition) is 8. The second kappa shape index (κ2) is 59.0. The summed E-state index contributed by atoms with van der Waals surface area (Å²) in [6.45, 7) is 55.5. The van der Waals surface area contributed by atoms with E-state index in [-0.39, 0.29) is 130 Å². The molecular weight excluding hydrogens is 1560 g/mol. The number of aliphatic hydroxyl groups is 5. The van der Waals surface area contributed by atoms with E-state index in [1.165, 1.54) is 23.3 Å². The Balaban J connectivity index is 0.00000150. The van der Waals surface area contributed by atoms with Crippen molar-refractivity contribution in [2.45, 2.75) is 289 Å². The topological polar surface area (TPSA) is 296 Å². The van der Waals surface area contributed by atoms with Crippen LogP contribution in [0.5, 0.6) is 0 Å². The van der Waals surface area contributed by atoms with Gasteiger partial charge in [0.25, 0.3) is 5.91 Å². The predicted molar refractivity (Wildman–Crippen MR) is 502 cm³/mol. The summed E-state index contributed by atoms with van der Waals surface area (Å²) < 4.78 is 27.2. The number of rotatable bonds is 49. The van der Waals surface area contributed by atoms with Gasteiger partial charge in [0.15, 0.2) is 28.9 Å². The van der Waals surface area contributed by atoms with Gasteiger partial charge in [-0.3, -0.25) is 53.3 Å². The Labute approximate surface area is 740 Å². The normalized spacial score (nSPS) is 16.0. The molecule has 4 rings (SSSR count). The van der Waals surface area contributed by atoms with Crippen LogP contribution in [0.15, 0.2) is 138 Å².